The summed E-state index contributed by atoms with van der Waals surface area (Å²) in [6.07, 6.45) is 0. The quantitative estimate of drug-likeness (QED) is 0.849. The maximum Gasteiger partial charge on any atom is 0.123 e. The summed E-state index contributed by atoms with van der Waals surface area (Å²) in [6, 6.07) is 15.0. The molecule has 0 unspecified atom stereocenters. The molecule has 0 spiro atoms. The third-order valence-corrected chi connectivity index (χ3v) is 2.34. The zero-order chi connectivity index (χ0) is 11.4. The number of aryl methyl sites for hydroxylation is 1. The Hall–Kier alpha value is -1.96. The summed E-state index contributed by atoms with van der Waals surface area (Å²) in [5.74, 6) is 0.905. The molecule has 0 saturated carbocycles. The molecule has 0 bridgehead atoms. The number of phenols is 1. The number of ether oxygens (including phenoxy) is 1. The molecule has 0 radical (unpaired) electrons. The lowest BCUT2D eigenvalue weighted by Gasteiger charge is -2.06. The SMILES string of the molecule is Cc1ccc(COc2cccc(O)c2)cc1. The van der Waals surface area contributed by atoms with Crippen molar-refractivity contribution >= 4 is 0 Å². The number of rotatable bonds is 3. The Kier molecular flexibility index (Phi) is 3.10. The van der Waals surface area contributed by atoms with Gasteiger partial charge in [0.2, 0.25) is 0 Å². The van der Waals surface area contributed by atoms with E-state index in [1.807, 2.05) is 18.2 Å². The highest BCUT2D eigenvalue weighted by atomic mass is 16.5. The Morgan fingerprint density at radius 2 is 1.81 bits per heavy atom. The summed E-state index contributed by atoms with van der Waals surface area (Å²) in [7, 11) is 0. The zero-order valence-corrected chi connectivity index (χ0v) is 9.18. The van der Waals surface area contributed by atoms with Gasteiger partial charge in [0.1, 0.15) is 18.1 Å². The van der Waals surface area contributed by atoms with E-state index in [1.54, 1.807) is 18.2 Å². The van der Waals surface area contributed by atoms with Crippen molar-refractivity contribution in [3.63, 3.8) is 0 Å². The lowest BCUT2D eigenvalue weighted by Crippen LogP contribution is -1.94. The molecule has 0 atom stereocenters. The Morgan fingerprint density at radius 1 is 1.06 bits per heavy atom. The number of benzene rings is 2. The van der Waals surface area contributed by atoms with Crippen LogP contribution in [-0.4, -0.2) is 5.11 Å². The molecule has 2 nitrogen and oxygen atoms in total. The maximum atomic E-state index is 9.27. The predicted molar refractivity (Wildman–Crippen MR) is 63.6 cm³/mol. The predicted octanol–water partition coefficient (Wildman–Crippen LogP) is 3.28. The minimum Gasteiger partial charge on any atom is -0.508 e. The van der Waals surface area contributed by atoms with Crippen LogP contribution in [0.4, 0.5) is 0 Å². The first kappa shape index (κ1) is 10.6. The van der Waals surface area contributed by atoms with Crippen LogP contribution in [0.25, 0.3) is 0 Å². The molecule has 0 aromatic heterocycles. The molecule has 0 amide bonds. The van der Waals surface area contributed by atoms with Gasteiger partial charge in [-0.25, -0.2) is 0 Å². The van der Waals surface area contributed by atoms with E-state index in [0.717, 1.165) is 5.56 Å². The fraction of sp³-hybridized carbons (Fsp3) is 0.143. The number of hydrogen-bond donors (Lipinski definition) is 1. The smallest absolute Gasteiger partial charge is 0.123 e. The highest BCUT2D eigenvalue weighted by Crippen LogP contribution is 2.18. The van der Waals surface area contributed by atoms with Crippen LogP contribution >= 0.6 is 0 Å². The molecule has 0 aliphatic heterocycles. The fourth-order valence-corrected chi connectivity index (χ4v) is 1.42. The molecule has 2 rings (SSSR count). The number of phenolic OH excluding ortho intramolecular Hbond substituents is 1. The van der Waals surface area contributed by atoms with E-state index in [2.05, 4.69) is 19.1 Å². The first-order chi connectivity index (χ1) is 7.74. The first-order valence-electron chi connectivity index (χ1n) is 5.21. The molecule has 2 aromatic rings. The van der Waals surface area contributed by atoms with Gasteiger partial charge in [-0.1, -0.05) is 35.9 Å². The fourth-order valence-electron chi connectivity index (χ4n) is 1.42. The normalized spacial score (nSPS) is 10.1. The Balaban J connectivity index is 1.99. The van der Waals surface area contributed by atoms with Crippen molar-refractivity contribution in [2.24, 2.45) is 0 Å². The van der Waals surface area contributed by atoms with Gasteiger partial charge >= 0.3 is 0 Å². The van der Waals surface area contributed by atoms with Gasteiger partial charge in [-0.15, -0.1) is 0 Å². The Bertz CT molecular complexity index is 460. The van der Waals surface area contributed by atoms with Gasteiger partial charge in [0.05, 0.1) is 0 Å². The molecule has 0 aliphatic rings. The van der Waals surface area contributed by atoms with Crippen molar-refractivity contribution in [3.8, 4) is 11.5 Å². The molecular formula is C14H14O2. The monoisotopic (exact) mass is 214 g/mol. The topological polar surface area (TPSA) is 29.5 Å². The first-order valence-corrected chi connectivity index (χ1v) is 5.21. The van der Waals surface area contributed by atoms with E-state index in [4.69, 9.17) is 4.74 Å². The van der Waals surface area contributed by atoms with Crippen molar-refractivity contribution < 1.29 is 9.84 Å². The summed E-state index contributed by atoms with van der Waals surface area (Å²) in [4.78, 5) is 0. The van der Waals surface area contributed by atoms with Gasteiger partial charge in [0.15, 0.2) is 0 Å². The summed E-state index contributed by atoms with van der Waals surface area (Å²) in [5, 5.41) is 9.27. The van der Waals surface area contributed by atoms with E-state index in [1.165, 1.54) is 5.56 Å². The van der Waals surface area contributed by atoms with Gasteiger partial charge < -0.3 is 9.84 Å². The summed E-state index contributed by atoms with van der Waals surface area (Å²) in [6.45, 7) is 2.57. The second-order valence-corrected chi connectivity index (χ2v) is 3.77. The molecule has 0 saturated heterocycles. The van der Waals surface area contributed by atoms with E-state index in [-0.39, 0.29) is 5.75 Å². The largest absolute Gasteiger partial charge is 0.508 e. The standard InChI is InChI=1S/C14H14O2/c1-11-5-7-12(8-6-11)10-16-14-4-2-3-13(15)9-14/h2-9,15H,10H2,1H3. The van der Waals surface area contributed by atoms with Crippen molar-refractivity contribution in [2.75, 3.05) is 0 Å². The lowest BCUT2D eigenvalue weighted by molar-refractivity contribution is 0.304. The van der Waals surface area contributed by atoms with E-state index < -0.39 is 0 Å². The summed E-state index contributed by atoms with van der Waals surface area (Å²) < 4.78 is 5.55. The van der Waals surface area contributed by atoms with Gasteiger partial charge in [0.25, 0.3) is 0 Å². The maximum absolute atomic E-state index is 9.27. The third-order valence-electron chi connectivity index (χ3n) is 2.34. The van der Waals surface area contributed by atoms with Gasteiger partial charge in [-0.2, -0.15) is 0 Å². The van der Waals surface area contributed by atoms with Gasteiger partial charge in [-0.05, 0) is 24.6 Å². The van der Waals surface area contributed by atoms with E-state index in [9.17, 15) is 5.11 Å². The van der Waals surface area contributed by atoms with Gasteiger partial charge in [0, 0.05) is 6.07 Å². The highest BCUT2D eigenvalue weighted by Gasteiger charge is 1.96. The number of aromatic hydroxyl groups is 1. The Labute approximate surface area is 95.1 Å². The van der Waals surface area contributed by atoms with Crippen LogP contribution < -0.4 is 4.74 Å². The van der Waals surface area contributed by atoms with Crippen LogP contribution in [0.5, 0.6) is 11.5 Å². The average Bonchev–Trinajstić information content (AvgIpc) is 2.28. The molecule has 82 valence electrons. The van der Waals surface area contributed by atoms with E-state index >= 15 is 0 Å². The second kappa shape index (κ2) is 4.71. The van der Waals surface area contributed by atoms with Gasteiger partial charge in [-0.3, -0.25) is 0 Å². The van der Waals surface area contributed by atoms with Crippen molar-refractivity contribution in [2.45, 2.75) is 13.5 Å². The molecule has 2 heteroatoms. The highest BCUT2D eigenvalue weighted by molar-refractivity contribution is 5.32. The molecule has 2 aromatic carbocycles. The summed E-state index contributed by atoms with van der Waals surface area (Å²) in [5.41, 5.74) is 2.36. The molecule has 0 aliphatic carbocycles. The number of hydrogen-bond acceptors (Lipinski definition) is 2. The zero-order valence-electron chi connectivity index (χ0n) is 9.18. The van der Waals surface area contributed by atoms with E-state index in [0.29, 0.717) is 12.4 Å². The third kappa shape index (κ3) is 2.76. The van der Waals surface area contributed by atoms with Crippen molar-refractivity contribution in [1.29, 1.82) is 0 Å². The average molecular weight is 214 g/mol. The molecule has 1 N–H and O–H groups in total. The molecular weight excluding hydrogens is 200 g/mol. The van der Waals surface area contributed by atoms with Crippen LogP contribution in [0.2, 0.25) is 0 Å². The van der Waals surface area contributed by atoms with Crippen LogP contribution in [0.1, 0.15) is 11.1 Å². The van der Waals surface area contributed by atoms with Crippen LogP contribution in [0.3, 0.4) is 0 Å². The summed E-state index contributed by atoms with van der Waals surface area (Å²) >= 11 is 0. The molecule has 0 heterocycles. The lowest BCUT2D eigenvalue weighted by atomic mass is 10.2. The van der Waals surface area contributed by atoms with Crippen LogP contribution in [0.15, 0.2) is 48.5 Å². The van der Waals surface area contributed by atoms with Crippen molar-refractivity contribution in [1.82, 2.24) is 0 Å². The Morgan fingerprint density at radius 3 is 2.50 bits per heavy atom. The minimum atomic E-state index is 0.224. The van der Waals surface area contributed by atoms with Crippen LogP contribution in [0, 0.1) is 6.92 Å². The molecule has 0 fully saturated rings. The van der Waals surface area contributed by atoms with Crippen molar-refractivity contribution in [3.05, 3.63) is 59.7 Å². The molecule has 16 heavy (non-hydrogen) atoms. The second-order valence-electron chi connectivity index (χ2n) is 3.77. The van der Waals surface area contributed by atoms with Crippen LogP contribution in [-0.2, 0) is 6.61 Å². The minimum absolute atomic E-state index is 0.224.